The van der Waals surface area contributed by atoms with Crippen molar-refractivity contribution in [3.8, 4) is 5.75 Å². The smallest absolute Gasteiger partial charge is 0.258 e. The second kappa shape index (κ2) is 12.6. The van der Waals surface area contributed by atoms with Gasteiger partial charge in [-0.3, -0.25) is 9.59 Å². The van der Waals surface area contributed by atoms with Crippen LogP contribution in [0.2, 0.25) is 15.1 Å². The molecule has 184 valence electrons. The summed E-state index contributed by atoms with van der Waals surface area (Å²) in [4.78, 5) is 26.9. The molecule has 34 heavy (non-hydrogen) atoms. The molecule has 2 aromatic carbocycles. The van der Waals surface area contributed by atoms with Crippen molar-refractivity contribution in [1.29, 1.82) is 0 Å². The number of rotatable bonds is 9. The van der Waals surface area contributed by atoms with Crippen molar-refractivity contribution < 1.29 is 23.8 Å². The minimum absolute atomic E-state index is 0.0199. The van der Waals surface area contributed by atoms with Gasteiger partial charge in [-0.25, -0.2) is 4.39 Å². The van der Waals surface area contributed by atoms with Crippen LogP contribution in [0.1, 0.15) is 31.2 Å². The monoisotopic (exact) mass is 530 g/mol. The molecule has 1 aliphatic carbocycles. The summed E-state index contributed by atoms with van der Waals surface area (Å²) >= 11 is 17.5. The van der Waals surface area contributed by atoms with Gasteiger partial charge in [-0.15, -0.1) is 0 Å². The minimum atomic E-state index is -0.546. The van der Waals surface area contributed by atoms with E-state index in [1.165, 1.54) is 17.0 Å². The predicted octanol–water partition coefficient (Wildman–Crippen LogP) is 4.86. The summed E-state index contributed by atoms with van der Waals surface area (Å²) in [7, 11) is 0. The zero-order valence-corrected chi connectivity index (χ0v) is 20.7. The van der Waals surface area contributed by atoms with Gasteiger partial charge in [0.2, 0.25) is 5.91 Å². The molecular weight excluding hydrogens is 506 g/mol. The Kier molecular flexibility index (Phi) is 9.83. The number of amides is 2. The molecular formula is C24H26Cl3FN2O4. The minimum Gasteiger partial charge on any atom is -0.484 e. The quantitative estimate of drug-likeness (QED) is 0.484. The number of benzene rings is 2. The van der Waals surface area contributed by atoms with Crippen molar-refractivity contribution in [2.45, 2.75) is 38.3 Å². The standard InChI is InChI=1S/C24H26Cl3FN2O4/c25-19-8-6-18(12-21(19)27)34-14-23(32)29-17-4-2-16(3-5-17)24(33)30(9-10-31)13-15-1-7-20(26)22(28)11-15/h1,6-8,11-12,16-17,31H,2-5,9-10,13-14H2,(H,29,32)/t16-,17-. The van der Waals surface area contributed by atoms with E-state index < -0.39 is 5.82 Å². The van der Waals surface area contributed by atoms with Crippen molar-refractivity contribution in [2.75, 3.05) is 19.8 Å². The summed E-state index contributed by atoms with van der Waals surface area (Å²) in [5.41, 5.74) is 0.603. The molecule has 0 saturated heterocycles. The van der Waals surface area contributed by atoms with Crippen molar-refractivity contribution in [1.82, 2.24) is 10.2 Å². The van der Waals surface area contributed by atoms with Crippen LogP contribution in [-0.4, -0.2) is 47.6 Å². The Balaban J connectivity index is 1.47. The average Bonchev–Trinajstić information content (AvgIpc) is 2.82. The number of hydrogen-bond acceptors (Lipinski definition) is 4. The van der Waals surface area contributed by atoms with Gasteiger partial charge in [0.1, 0.15) is 11.6 Å². The van der Waals surface area contributed by atoms with Crippen molar-refractivity contribution in [3.05, 3.63) is 62.8 Å². The SMILES string of the molecule is O=C(COc1ccc(Cl)c(Cl)c1)N[C@H]1CC[C@H](C(=O)N(CCO)Cc2ccc(Cl)c(F)c2)CC1. The number of nitrogens with zero attached hydrogens (tertiary/aromatic N) is 1. The number of ether oxygens (including phenoxy) is 1. The predicted molar refractivity (Wildman–Crippen MR) is 130 cm³/mol. The maximum atomic E-state index is 13.8. The zero-order chi connectivity index (χ0) is 24.7. The first-order chi connectivity index (χ1) is 16.3. The van der Waals surface area contributed by atoms with Gasteiger partial charge in [-0.05, 0) is 55.5 Å². The molecule has 0 unspecified atom stereocenters. The Bertz CT molecular complexity index is 1020. The number of hydrogen-bond donors (Lipinski definition) is 2. The summed E-state index contributed by atoms with van der Waals surface area (Å²) < 4.78 is 19.2. The first-order valence-corrected chi connectivity index (χ1v) is 12.1. The molecule has 6 nitrogen and oxygen atoms in total. The van der Waals surface area contributed by atoms with Crippen LogP contribution in [0, 0.1) is 11.7 Å². The molecule has 1 fully saturated rings. The third kappa shape index (κ3) is 7.47. The van der Waals surface area contributed by atoms with E-state index in [9.17, 15) is 19.1 Å². The normalized spacial score (nSPS) is 17.8. The van der Waals surface area contributed by atoms with Crippen LogP contribution in [0.25, 0.3) is 0 Å². The molecule has 0 aromatic heterocycles. The molecule has 0 bridgehead atoms. The molecule has 2 aromatic rings. The largest absolute Gasteiger partial charge is 0.484 e. The summed E-state index contributed by atoms with van der Waals surface area (Å²) in [6, 6.07) is 9.14. The fourth-order valence-corrected chi connectivity index (χ4v) is 4.38. The van der Waals surface area contributed by atoms with Crippen LogP contribution in [0.5, 0.6) is 5.75 Å². The highest BCUT2D eigenvalue weighted by Gasteiger charge is 2.30. The maximum Gasteiger partial charge on any atom is 0.258 e. The van der Waals surface area contributed by atoms with Crippen LogP contribution < -0.4 is 10.1 Å². The highest BCUT2D eigenvalue weighted by atomic mass is 35.5. The molecule has 0 spiro atoms. The van der Waals surface area contributed by atoms with E-state index in [1.807, 2.05) is 0 Å². The van der Waals surface area contributed by atoms with Gasteiger partial charge in [0.25, 0.3) is 5.91 Å². The lowest BCUT2D eigenvalue weighted by Gasteiger charge is -2.32. The molecule has 10 heteroatoms. The van der Waals surface area contributed by atoms with Crippen molar-refractivity contribution in [3.63, 3.8) is 0 Å². The van der Waals surface area contributed by atoms with E-state index in [0.717, 1.165) is 0 Å². The van der Waals surface area contributed by atoms with E-state index in [1.54, 1.807) is 24.3 Å². The Hall–Kier alpha value is -2.06. The van der Waals surface area contributed by atoms with Crippen LogP contribution in [0.15, 0.2) is 36.4 Å². The van der Waals surface area contributed by atoms with Gasteiger partial charge in [0, 0.05) is 31.1 Å². The van der Waals surface area contributed by atoms with E-state index in [0.29, 0.717) is 47.0 Å². The van der Waals surface area contributed by atoms with E-state index in [2.05, 4.69) is 5.32 Å². The number of carbonyl (C=O) groups excluding carboxylic acids is 2. The lowest BCUT2D eigenvalue weighted by molar-refractivity contribution is -0.138. The molecule has 0 atom stereocenters. The van der Waals surface area contributed by atoms with Crippen LogP contribution >= 0.6 is 34.8 Å². The third-order valence-corrected chi connectivity index (χ3v) is 6.79. The van der Waals surface area contributed by atoms with Gasteiger partial charge in [-0.2, -0.15) is 0 Å². The second-order valence-electron chi connectivity index (χ2n) is 8.21. The van der Waals surface area contributed by atoms with Gasteiger partial charge in [0.15, 0.2) is 6.61 Å². The number of carbonyl (C=O) groups is 2. The first kappa shape index (κ1) is 26.5. The van der Waals surface area contributed by atoms with Gasteiger partial charge in [-0.1, -0.05) is 40.9 Å². The second-order valence-corrected chi connectivity index (χ2v) is 9.43. The maximum absolute atomic E-state index is 13.8. The Morgan fingerprint density at radius 3 is 2.38 bits per heavy atom. The highest BCUT2D eigenvalue weighted by Crippen LogP contribution is 2.28. The van der Waals surface area contributed by atoms with Gasteiger partial charge >= 0.3 is 0 Å². The fraction of sp³-hybridized carbons (Fsp3) is 0.417. The summed E-state index contributed by atoms with van der Waals surface area (Å²) in [6.45, 7) is 0.00674. The van der Waals surface area contributed by atoms with Crippen LogP contribution in [0.4, 0.5) is 4.39 Å². The van der Waals surface area contributed by atoms with Gasteiger partial charge in [0.05, 0.1) is 21.7 Å². The molecule has 3 rings (SSSR count). The molecule has 2 amide bonds. The van der Waals surface area contributed by atoms with Crippen molar-refractivity contribution >= 4 is 46.6 Å². The number of aliphatic hydroxyl groups excluding tert-OH is 1. The van der Waals surface area contributed by atoms with Gasteiger partial charge < -0.3 is 20.1 Å². The van der Waals surface area contributed by atoms with E-state index in [-0.39, 0.29) is 55.1 Å². The number of aliphatic hydroxyl groups is 1. The van der Waals surface area contributed by atoms with Crippen LogP contribution in [-0.2, 0) is 16.1 Å². The molecule has 0 radical (unpaired) electrons. The number of nitrogens with one attached hydrogen (secondary N) is 1. The average molecular weight is 532 g/mol. The lowest BCUT2D eigenvalue weighted by atomic mass is 9.85. The third-order valence-electron chi connectivity index (χ3n) is 5.74. The summed E-state index contributed by atoms with van der Waals surface area (Å²) in [5.74, 6) is -0.660. The Morgan fingerprint density at radius 1 is 1.03 bits per heavy atom. The topological polar surface area (TPSA) is 78.9 Å². The molecule has 1 aliphatic rings. The number of halogens is 4. The lowest BCUT2D eigenvalue weighted by Crippen LogP contribution is -2.43. The molecule has 1 saturated carbocycles. The summed E-state index contributed by atoms with van der Waals surface area (Å²) in [6.07, 6.45) is 2.51. The first-order valence-electron chi connectivity index (χ1n) is 11.0. The Morgan fingerprint density at radius 2 is 1.74 bits per heavy atom. The van der Waals surface area contributed by atoms with Crippen molar-refractivity contribution in [2.24, 2.45) is 5.92 Å². The van der Waals surface area contributed by atoms with E-state index in [4.69, 9.17) is 39.5 Å². The molecule has 2 N–H and O–H groups in total. The fourth-order valence-electron chi connectivity index (χ4n) is 3.97. The molecule has 0 aliphatic heterocycles. The van der Waals surface area contributed by atoms with Crippen LogP contribution in [0.3, 0.4) is 0 Å². The highest BCUT2D eigenvalue weighted by molar-refractivity contribution is 6.42. The Labute approximate surface area is 212 Å². The molecule has 0 heterocycles. The van der Waals surface area contributed by atoms with E-state index >= 15 is 0 Å². The summed E-state index contributed by atoms with van der Waals surface area (Å²) in [5, 5.41) is 13.1. The zero-order valence-electron chi connectivity index (χ0n) is 18.4.